The van der Waals surface area contributed by atoms with Gasteiger partial charge in [0.1, 0.15) is 11.1 Å². The molecule has 7 heteroatoms. The number of nitriles is 1. The van der Waals surface area contributed by atoms with Crippen LogP contribution in [-0.4, -0.2) is 16.4 Å². The van der Waals surface area contributed by atoms with Gasteiger partial charge in [0.15, 0.2) is 0 Å². The van der Waals surface area contributed by atoms with Crippen molar-refractivity contribution < 1.29 is 9.72 Å². The van der Waals surface area contributed by atoms with Crippen LogP contribution in [0, 0.1) is 21.4 Å². The van der Waals surface area contributed by atoms with Crippen molar-refractivity contribution in [2.75, 3.05) is 0 Å². The molecule has 0 aromatic heterocycles. The summed E-state index contributed by atoms with van der Waals surface area (Å²) in [5.41, 5.74) is -1.53. The number of benzene rings is 1. The summed E-state index contributed by atoms with van der Waals surface area (Å²) in [5, 5.41) is 22.9. The Morgan fingerprint density at radius 2 is 2.10 bits per heavy atom. The molecule has 0 saturated carbocycles. The Morgan fingerprint density at radius 1 is 1.50 bits per heavy atom. The lowest BCUT2D eigenvalue weighted by molar-refractivity contribution is -0.385. The Balaban J connectivity index is 3.19. The molecule has 0 radical (unpaired) electrons. The topological polar surface area (TPSA) is 96.0 Å². The lowest BCUT2D eigenvalue weighted by Crippen LogP contribution is -2.46. The number of hydrogen-bond donors (Lipinski definition) is 1. The number of nitrogens with one attached hydrogen (secondary N) is 1. The van der Waals surface area contributed by atoms with Crippen LogP contribution in [-0.2, 0) is 0 Å². The standard InChI is InChI=1S/C13H14ClN3O3/c1-3-13(4-2,8-15)16-12(18)10-7-9(14)5-6-11(10)17(19)20/h5-7H,3-4H2,1-2H3,(H,16,18). The Bertz CT molecular complexity index is 577. The molecule has 0 saturated heterocycles. The summed E-state index contributed by atoms with van der Waals surface area (Å²) in [4.78, 5) is 22.5. The summed E-state index contributed by atoms with van der Waals surface area (Å²) in [6, 6.07) is 5.78. The number of carbonyl (C=O) groups is 1. The van der Waals surface area contributed by atoms with Gasteiger partial charge >= 0.3 is 0 Å². The molecule has 0 heterocycles. The molecule has 20 heavy (non-hydrogen) atoms. The molecule has 1 aromatic rings. The van der Waals surface area contributed by atoms with Crippen molar-refractivity contribution in [3.05, 3.63) is 38.9 Å². The minimum atomic E-state index is -1.03. The van der Waals surface area contributed by atoms with E-state index in [0.717, 1.165) is 0 Å². The maximum atomic E-state index is 12.2. The third kappa shape index (κ3) is 3.25. The predicted octanol–water partition coefficient (Wildman–Crippen LogP) is 3.06. The number of nitrogens with zero attached hydrogens (tertiary/aromatic N) is 2. The van der Waals surface area contributed by atoms with Crippen LogP contribution in [0.5, 0.6) is 0 Å². The molecule has 6 nitrogen and oxygen atoms in total. The molecule has 106 valence electrons. The second kappa shape index (κ2) is 6.35. The SMILES string of the molecule is CCC(C#N)(CC)NC(=O)c1cc(Cl)ccc1[N+](=O)[O-]. The number of rotatable bonds is 5. The summed E-state index contributed by atoms with van der Waals surface area (Å²) >= 11 is 5.77. The zero-order chi connectivity index (χ0) is 15.3. The Hall–Kier alpha value is -2.13. The van der Waals surface area contributed by atoms with Crippen molar-refractivity contribution in [2.24, 2.45) is 0 Å². The van der Waals surface area contributed by atoms with E-state index in [1.165, 1.54) is 18.2 Å². The smallest absolute Gasteiger partial charge is 0.282 e. The van der Waals surface area contributed by atoms with E-state index in [1.54, 1.807) is 13.8 Å². The van der Waals surface area contributed by atoms with Gasteiger partial charge in [-0.25, -0.2) is 0 Å². The number of nitro groups is 1. The molecule has 1 amide bonds. The van der Waals surface area contributed by atoms with Crippen LogP contribution >= 0.6 is 11.6 Å². The molecule has 0 aliphatic heterocycles. The monoisotopic (exact) mass is 295 g/mol. The molecular weight excluding hydrogens is 282 g/mol. The number of carbonyl (C=O) groups excluding carboxylic acids is 1. The van der Waals surface area contributed by atoms with Gasteiger partial charge in [-0.3, -0.25) is 14.9 Å². The van der Waals surface area contributed by atoms with E-state index >= 15 is 0 Å². The highest BCUT2D eigenvalue weighted by Gasteiger charge is 2.30. The number of amides is 1. The van der Waals surface area contributed by atoms with Crippen molar-refractivity contribution in [3.8, 4) is 6.07 Å². The fourth-order valence-corrected chi connectivity index (χ4v) is 1.92. The van der Waals surface area contributed by atoms with E-state index in [9.17, 15) is 20.2 Å². The first kappa shape index (κ1) is 15.9. The fourth-order valence-electron chi connectivity index (χ4n) is 1.75. The van der Waals surface area contributed by atoms with Crippen LogP contribution in [0.1, 0.15) is 37.0 Å². The molecule has 0 aliphatic rings. The van der Waals surface area contributed by atoms with Gasteiger partial charge in [0.25, 0.3) is 11.6 Å². The molecule has 0 unspecified atom stereocenters. The van der Waals surface area contributed by atoms with Crippen LogP contribution in [0.15, 0.2) is 18.2 Å². The van der Waals surface area contributed by atoms with Crippen LogP contribution in [0.2, 0.25) is 5.02 Å². The quantitative estimate of drug-likeness (QED) is 0.667. The summed E-state index contributed by atoms with van der Waals surface area (Å²) < 4.78 is 0. The number of hydrogen-bond acceptors (Lipinski definition) is 4. The van der Waals surface area contributed by atoms with Crippen molar-refractivity contribution >= 4 is 23.2 Å². The third-order valence-corrected chi connectivity index (χ3v) is 3.41. The van der Waals surface area contributed by atoms with Crippen LogP contribution in [0.3, 0.4) is 0 Å². The summed E-state index contributed by atoms with van der Waals surface area (Å²) in [5.74, 6) is -0.676. The fraction of sp³-hybridized carbons (Fsp3) is 0.385. The average molecular weight is 296 g/mol. The molecule has 0 spiro atoms. The van der Waals surface area contributed by atoms with Gasteiger partial charge in [-0.2, -0.15) is 5.26 Å². The maximum absolute atomic E-state index is 12.2. The highest BCUT2D eigenvalue weighted by atomic mass is 35.5. The number of nitro benzene ring substituents is 1. The van der Waals surface area contributed by atoms with Crippen LogP contribution < -0.4 is 5.32 Å². The lowest BCUT2D eigenvalue weighted by Gasteiger charge is -2.24. The van der Waals surface area contributed by atoms with Crippen LogP contribution in [0.25, 0.3) is 0 Å². The first-order valence-electron chi connectivity index (χ1n) is 6.06. The Labute approximate surface area is 121 Å². The summed E-state index contributed by atoms with van der Waals surface area (Å²) in [7, 11) is 0. The predicted molar refractivity (Wildman–Crippen MR) is 74.5 cm³/mol. The van der Waals surface area contributed by atoms with Gasteiger partial charge in [-0.1, -0.05) is 25.4 Å². The van der Waals surface area contributed by atoms with E-state index in [2.05, 4.69) is 5.32 Å². The van der Waals surface area contributed by atoms with Crippen molar-refractivity contribution in [1.29, 1.82) is 5.26 Å². The maximum Gasteiger partial charge on any atom is 0.282 e. The largest absolute Gasteiger partial charge is 0.334 e. The third-order valence-electron chi connectivity index (χ3n) is 3.17. The van der Waals surface area contributed by atoms with Gasteiger partial charge in [0, 0.05) is 11.1 Å². The normalized spacial score (nSPS) is 10.7. The minimum Gasteiger partial charge on any atom is -0.334 e. The highest BCUT2D eigenvalue weighted by Crippen LogP contribution is 2.24. The van der Waals surface area contributed by atoms with E-state index in [4.69, 9.17) is 11.6 Å². The number of halogens is 1. The van der Waals surface area contributed by atoms with E-state index in [-0.39, 0.29) is 16.3 Å². The summed E-state index contributed by atoms with van der Waals surface area (Å²) in [6.45, 7) is 3.53. The Morgan fingerprint density at radius 3 is 2.55 bits per heavy atom. The lowest BCUT2D eigenvalue weighted by atomic mass is 9.94. The van der Waals surface area contributed by atoms with Gasteiger partial charge in [-0.15, -0.1) is 0 Å². The van der Waals surface area contributed by atoms with Gasteiger partial charge in [0.2, 0.25) is 0 Å². The second-order valence-corrected chi connectivity index (χ2v) is 4.71. The molecule has 0 bridgehead atoms. The zero-order valence-corrected chi connectivity index (χ0v) is 11.9. The summed E-state index contributed by atoms with van der Waals surface area (Å²) in [6.07, 6.45) is 0.806. The molecule has 1 aromatic carbocycles. The van der Waals surface area contributed by atoms with Gasteiger partial charge < -0.3 is 5.32 Å². The van der Waals surface area contributed by atoms with Crippen molar-refractivity contribution in [3.63, 3.8) is 0 Å². The average Bonchev–Trinajstić information content (AvgIpc) is 2.44. The van der Waals surface area contributed by atoms with Gasteiger partial charge in [0.05, 0.1) is 11.0 Å². The van der Waals surface area contributed by atoms with E-state index in [0.29, 0.717) is 12.8 Å². The minimum absolute atomic E-state index is 0.149. The van der Waals surface area contributed by atoms with Crippen LogP contribution in [0.4, 0.5) is 5.69 Å². The zero-order valence-electron chi connectivity index (χ0n) is 11.1. The molecule has 1 rings (SSSR count). The van der Waals surface area contributed by atoms with Crippen molar-refractivity contribution in [1.82, 2.24) is 5.32 Å². The molecule has 1 N–H and O–H groups in total. The van der Waals surface area contributed by atoms with E-state index in [1.807, 2.05) is 6.07 Å². The van der Waals surface area contributed by atoms with Crippen molar-refractivity contribution in [2.45, 2.75) is 32.2 Å². The molecule has 0 aliphatic carbocycles. The molecular formula is C13H14ClN3O3. The highest BCUT2D eigenvalue weighted by molar-refractivity contribution is 6.31. The first-order chi connectivity index (χ1) is 9.39. The molecule has 0 atom stereocenters. The van der Waals surface area contributed by atoms with Gasteiger partial charge in [-0.05, 0) is 25.0 Å². The second-order valence-electron chi connectivity index (χ2n) is 4.27. The van der Waals surface area contributed by atoms with E-state index < -0.39 is 16.4 Å². The first-order valence-corrected chi connectivity index (χ1v) is 6.44. The Kier molecular flexibility index (Phi) is 5.06. The molecule has 0 fully saturated rings.